The summed E-state index contributed by atoms with van der Waals surface area (Å²) in [7, 11) is 0. The summed E-state index contributed by atoms with van der Waals surface area (Å²) in [6.45, 7) is 6.90. The number of fused-ring (bicyclic) bond motifs is 2. The second-order valence-corrected chi connectivity index (χ2v) is 12.5. The summed E-state index contributed by atoms with van der Waals surface area (Å²) in [6, 6.07) is 29.8. The second-order valence-electron chi connectivity index (χ2n) is 12.5. The van der Waals surface area contributed by atoms with Crippen LogP contribution in [0.1, 0.15) is 30.4 Å². The third-order valence-corrected chi connectivity index (χ3v) is 9.45. The van der Waals surface area contributed by atoms with Gasteiger partial charge in [0.15, 0.2) is 0 Å². The average Bonchev–Trinajstić information content (AvgIpc) is 3.13. The predicted octanol–water partition coefficient (Wildman–Crippen LogP) is 6.03. The van der Waals surface area contributed by atoms with E-state index in [1.54, 1.807) is 0 Å². The van der Waals surface area contributed by atoms with E-state index in [4.69, 9.17) is 14.7 Å². The molecule has 2 aliphatic rings. The van der Waals surface area contributed by atoms with Gasteiger partial charge in [-0.05, 0) is 79.2 Å². The minimum absolute atomic E-state index is 0.0960. The number of para-hydroxylation sites is 1. The molecule has 0 amide bonds. The third kappa shape index (κ3) is 6.88. The lowest BCUT2D eigenvalue weighted by molar-refractivity contribution is 0.207. The van der Waals surface area contributed by atoms with Crippen molar-refractivity contribution in [1.29, 1.82) is 0 Å². The number of hydrogen-bond acceptors (Lipinski definition) is 8. The number of piperazine rings is 1. The van der Waals surface area contributed by atoms with E-state index in [2.05, 4.69) is 93.2 Å². The summed E-state index contributed by atoms with van der Waals surface area (Å²) in [4.78, 5) is 14.9. The molecule has 0 saturated carbocycles. The quantitative estimate of drug-likeness (QED) is 0.155. The molecular weight excluding hydrogens is 572 g/mol. The van der Waals surface area contributed by atoms with E-state index in [-0.39, 0.29) is 6.61 Å². The Morgan fingerprint density at radius 3 is 2.39 bits per heavy atom. The molecule has 3 N–H and O–H groups in total. The number of hydrogen-bond donors (Lipinski definition) is 3. The van der Waals surface area contributed by atoms with Gasteiger partial charge in [-0.1, -0.05) is 60.7 Å². The average molecular weight is 617 g/mol. The van der Waals surface area contributed by atoms with Gasteiger partial charge in [0.05, 0.1) is 18.7 Å². The molecule has 7 rings (SSSR count). The van der Waals surface area contributed by atoms with Crippen LogP contribution in [0.25, 0.3) is 21.7 Å². The number of aromatic nitrogens is 2. The molecule has 0 unspecified atom stereocenters. The Balaban J connectivity index is 1.12. The first-order chi connectivity index (χ1) is 22.7. The van der Waals surface area contributed by atoms with Gasteiger partial charge in [0.1, 0.15) is 11.6 Å². The van der Waals surface area contributed by atoms with Crippen molar-refractivity contribution < 1.29 is 9.84 Å². The lowest BCUT2D eigenvalue weighted by Gasteiger charge is -2.36. The zero-order chi connectivity index (χ0) is 31.1. The number of rotatable bonds is 11. The van der Waals surface area contributed by atoms with Crippen LogP contribution >= 0.6 is 0 Å². The van der Waals surface area contributed by atoms with Gasteiger partial charge in [0, 0.05) is 55.4 Å². The van der Waals surface area contributed by atoms with Crippen molar-refractivity contribution in [2.45, 2.75) is 32.3 Å². The second kappa shape index (κ2) is 14.4. The van der Waals surface area contributed by atoms with E-state index in [9.17, 15) is 5.11 Å². The van der Waals surface area contributed by atoms with Crippen molar-refractivity contribution in [1.82, 2.24) is 15.3 Å². The number of benzene rings is 4. The molecule has 238 valence electrons. The molecule has 3 heterocycles. The molecule has 1 aromatic heterocycles. The van der Waals surface area contributed by atoms with Crippen LogP contribution in [0.2, 0.25) is 0 Å². The van der Waals surface area contributed by atoms with E-state index in [0.29, 0.717) is 18.3 Å². The first-order valence-corrected chi connectivity index (χ1v) is 16.8. The van der Waals surface area contributed by atoms with Crippen LogP contribution in [0, 0.1) is 5.92 Å². The maximum atomic E-state index is 10.3. The van der Waals surface area contributed by atoms with Crippen molar-refractivity contribution >= 4 is 39.1 Å². The van der Waals surface area contributed by atoms with Crippen LogP contribution < -0.4 is 25.2 Å². The summed E-state index contributed by atoms with van der Waals surface area (Å²) >= 11 is 0. The highest BCUT2D eigenvalue weighted by Gasteiger charge is 2.22. The number of nitrogens with zero attached hydrogens (tertiary/aromatic N) is 4. The highest BCUT2D eigenvalue weighted by molar-refractivity contribution is 5.92. The van der Waals surface area contributed by atoms with Crippen molar-refractivity contribution in [2.75, 3.05) is 67.5 Å². The Bertz CT molecular complexity index is 1740. The number of aliphatic hydroxyl groups excluding tert-OH is 1. The molecular formula is C38H44N6O2. The molecule has 0 spiro atoms. The Morgan fingerprint density at radius 2 is 1.57 bits per heavy atom. The van der Waals surface area contributed by atoms with Crippen molar-refractivity contribution in [2.24, 2.45) is 5.92 Å². The molecule has 5 aromatic rings. The Hall–Kier alpha value is -4.40. The van der Waals surface area contributed by atoms with Gasteiger partial charge >= 0.3 is 0 Å². The van der Waals surface area contributed by atoms with Crippen LogP contribution in [-0.4, -0.2) is 67.5 Å². The summed E-state index contributed by atoms with van der Waals surface area (Å²) in [5.41, 5.74) is 4.22. The molecule has 46 heavy (non-hydrogen) atoms. The smallest absolute Gasteiger partial charge is 0.228 e. The van der Waals surface area contributed by atoms with Gasteiger partial charge in [-0.25, -0.2) is 4.98 Å². The molecule has 2 saturated heterocycles. The van der Waals surface area contributed by atoms with E-state index in [0.717, 1.165) is 99.7 Å². The van der Waals surface area contributed by atoms with Crippen LogP contribution in [-0.2, 0) is 13.0 Å². The number of anilines is 3. The van der Waals surface area contributed by atoms with Crippen LogP contribution in [0.5, 0.6) is 5.75 Å². The standard InChI is InChI=1S/C38H44N6O2/c45-26-31-24-34-35(25-36(31)46-27-28-15-18-39-19-16-28)41-38(44-22-20-43(21-23-44)32-12-2-1-3-13-32)42-37(34)40-17-7-11-30-10-6-9-29-8-4-5-14-33(29)30/h1-6,8-10,12-14,24-25,28,39,45H,7,11,15-23,26-27H2,(H,40,41,42). The van der Waals surface area contributed by atoms with Gasteiger partial charge in [0.2, 0.25) is 5.95 Å². The molecule has 8 nitrogen and oxygen atoms in total. The molecule has 0 bridgehead atoms. The summed E-state index contributed by atoms with van der Waals surface area (Å²) in [6.07, 6.45) is 4.16. The summed E-state index contributed by atoms with van der Waals surface area (Å²) < 4.78 is 6.36. The highest BCUT2D eigenvalue weighted by atomic mass is 16.5. The van der Waals surface area contributed by atoms with Gasteiger partial charge in [0.25, 0.3) is 0 Å². The van der Waals surface area contributed by atoms with Crippen LogP contribution in [0.15, 0.2) is 84.9 Å². The Kier molecular flexibility index (Phi) is 9.44. The monoisotopic (exact) mass is 616 g/mol. The first kappa shape index (κ1) is 30.3. The van der Waals surface area contributed by atoms with Crippen LogP contribution in [0.3, 0.4) is 0 Å². The fraction of sp³-hybridized carbons (Fsp3) is 0.368. The number of aliphatic hydroxyl groups is 1. The first-order valence-electron chi connectivity index (χ1n) is 16.8. The zero-order valence-electron chi connectivity index (χ0n) is 26.5. The van der Waals surface area contributed by atoms with Gasteiger partial charge in [-0.3, -0.25) is 0 Å². The lowest BCUT2D eigenvalue weighted by Crippen LogP contribution is -2.47. The van der Waals surface area contributed by atoms with Crippen molar-refractivity contribution in [3.8, 4) is 5.75 Å². The largest absolute Gasteiger partial charge is 0.493 e. The van der Waals surface area contributed by atoms with Crippen molar-refractivity contribution in [3.63, 3.8) is 0 Å². The highest BCUT2D eigenvalue weighted by Crippen LogP contribution is 2.32. The number of nitrogens with one attached hydrogen (secondary N) is 2. The number of ether oxygens (including phenoxy) is 1. The Labute approximate surface area is 271 Å². The molecule has 2 fully saturated rings. The van der Waals surface area contributed by atoms with E-state index in [1.165, 1.54) is 22.0 Å². The molecule has 0 radical (unpaired) electrons. The fourth-order valence-corrected chi connectivity index (χ4v) is 6.78. The van der Waals surface area contributed by atoms with Gasteiger partial charge in [-0.2, -0.15) is 4.98 Å². The van der Waals surface area contributed by atoms with Crippen molar-refractivity contribution in [3.05, 3.63) is 96.1 Å². The molecule has 2 aliphatic heterocycles. The van der Waals surface area contributed by atoms with Gasteiger partial charge < -0.3 is 30.3 Å². The molecule has 0 atom stereocenters. The fourth-order valence-electron chi connectivity index (χ4n) is 6.78. The van der Waals surface area contributed by atoms with Crippen LogP contribution in [0.4, 0.5) is 17.5 Å². The predicted molar refractivity (Wildman–Crippen MR) is 188 cm³/mol. The molecule has 8 heteroatoms. The Morgan fingerprint density at radius 1 is 0.804 bits per heavy atom. The SMILES string of the molecule is OCc1cc2c(NCCCc3cccc4ccccc34)nc(N3CCN(c4ccccc4)CC3)nc2cc1OCC1CCNCC1. The number of aryl methyl sites for hydroxylation is 1. The maximum Gasteiger partial charge on any atom is 0.228 e. The van der Waals surface area contributed by atoms with E-state index < -0.39 is 0 Å². The van der Waals surface area contributed by atoms with E-state index >= 15 is 0 Å². The maximum absolute atomic E-state index is 10.3. The van der Waals surface area contributed by atoms with Gasteiger partial charge in [-0.15, -0.1) is 0 Å². The molecule has 0 aliphatic carbocycles. The topological polar surface area (TPSA) is 85.8 Å². The third-order valence-electron chi connectivity index (χ3n) is 9.45. The minimum atomic E-state index is -0.0960. The molecule has 4 aromatic carbocycles. The normalized spacial score (nSPS) is 15.8. The zero-order valence-corrected chi connectivity index (χ0v) is 26.5. The number of piperidine rings is 1. The summed E-state index contributed by atoms with van der Waals surface area (Å²) in [5.74, 6) is 2.78. The van der Waals surface area contributed by atoms with E-state index in [1.807, 2.05) is 12.1 Å². The lowest BCUT2D eigenvalue weighted by atomic mass is 9.99. The minimum Gasteiger partial charge on any atom is -0.493 e. The summed E-state index contributed by atoms with van der Waals surface area (Å²) in [5, 5.41) is 20.9.